The van der Waals surface area contributed by atoms with Crippen LogP contribution in [0.5, 0.6) is 17.2 Å². The summed E-state index contributed by atoms with van der Waals surface area (Å²) < 4.78 is 23.5. The molecule has 5 rings (SSSR count). The third-order valence-electron chi connectivity index (χ3n) is 6.61. The Balaban J connectivity index is 1.30. The van der Waals surface area contributed by atoms with E-state index in [1.54, 1.807) is 31.6 Å². The predicted octanol–water partition coefficient (Wildman–Crippen LogP) is 5.11. The van der Waals surface area contributed by atoms with E-state index in [2.05, 4.69) is 52.0 Å². The molecule has 3 aromatic carbocycles. The van der Waals surface area contributed by atoms with Crippen LogP contribution < -0.4 is 19.5 Å². The number of hydrogen-bond donors (Lipinski definition) is 1. The Morgan fingerprint density at radius 2 is 1.76 bits per heavy atom. The minimum atomic E-state index is -0.197. The molecule has 0 bridgehead atoms. The number of rotatable bonds is 10. The molecule has 8 heteroatoms. The van der Waals surface area contributed by atoms with Crippen LogP contribution in [0, 0.1) is 0 Å². The molecule has 1 aliphatic rings. The van der Waals surface area contributed by atoms with Gasteiger partial charge in [-0.1, -0.05) is 24.3 Å². The topological polar surface area (TPSA) is 69.3 Å². The summed E-state index contributed by atoms with van der Waals surface area (Å²) in [5, 5.41) is 6.38. The predicted molar refractivity (Wildman–Crippen MR) is 150 cm³/mol. The van der Waals surface area contributed by atoms with Crippen molar-refractivity contribution in [2.75, 3.05) is 47.1 Å². The number of amides is 1. The maximum absolute atomic E-state index is 12.7. The van der Waals surface area contributed by atoms with Gasteiger partial charge in [-0.2, -0.15) is 0 Å². The SMILES string of the molecule is COc1cc(CNC(=O)COc2ccc(-c3csc4ccccc34)cc2CN2CCOCC2)cc(OC)c1. The fraction of sp³-hybridized carbons (Fsp3) is 0.300. The minimum Gasteiger partial charge on any atom is -0.497 e. The summed E-state index contributed by atoms with van der Waals surface area (Å²) in [6, 6.07) is 20.3. The van der Waals surface area contributed by atoms with Crippen LogP contribution in [0.25, 0.3) is 21.2 Å². The largest absolute Gasteiger partial charge is 0.497 e. The van der Waals surface area contributed by atoms with E-state index in [1.807, 2.05) is 18.2 Å². The normalized spacial score (nSPS) is 13.8. The maximum Gasteiger partial charge on any atom is 0.258 e. The van der Waals surface area contributed by atoms with Gasteiger partial charge in [-0.3, -0.25) is 9.69 Å². The Kier molecular flexibility index (Phi) is 8.43. The summed E-state index contributed by atoms with van der Waals surface area (Å²) in [5.41, 5.74) is 4.31. The molecular formula is C30H32N2O5S. The molecule has 1 aliphatic heterocycles. The van der Waals surface area contributed by atoms with E-state index in [-0.39, 0.29) is 12.5 Å². The van der Waals surface area contributed by atoms with Gasteiger partial charge < -0.3 is 24.3 Å². The molecule has 1 saturated heterocycles. The standard InChI is InChI=1S/C30H32N2O5S/c1-34-24-13-21(14-25(16-24)35-2)17-31-30(33)19-37-28-8-7-22(15-23(28)18-32-9-11-36-12-10-32)27-20-38-29-6-4-3-5-26(27)29/h3-8,13-16,20H,9-12,17-19H2,1-2H3,(H,31,33). The molecular weight excluding hydrogens is 500 g/mol. The van der Waals surface area contributed by atoms with Gasteiger partial charge in [0, 0.05) is 53.5 Å². The van der Waals surface area contributed by atoms with Crippen molar-refractivity contribution in [3.8, 4) is 28.4 Å². The first-order valence-electron chi connectivity index (χ1n) is 12.6. The summed E-state index contributed by atoms with van der Waals surface area (Å²) in [4.78, 5) is 15.0. The van der Waals surface area contributed by atoms with Gasteiger partial charge in [0.15, 0.2) is 6.61 Å². The monoisotopic (exact) mass is 532 g/mol. The molecule has 0 radical (unpaired) electrons. The van der Waals surface area contributed by atoms with Crippen LogP contribution in [0.2, 0.25) is 0 Å². The first-order chi connectivity index (χ1) is 18.6. The van der Waals surface area contributed by atoms with Gasteiger partial charge in [-0.05, 0) is 46.8 Å². The Bertz CT molecular complexity index is 1370. The number of morpholine rings is 1. The number of carbonyl (C=O) groups excluding carboxylic acids is 1. The maximum atomic E-state index is 12.7. The number of nitrogens with one attached hydrogen (secondary N) is 1. The second kappa shape index (κ2) is 12.3. The van der Waals surface area contributed by atoms with Crippen molar-refractivity contribution in [2.45, 2.75) is 13.1 Å². The number of fused-ring (bicyclic) bond motifs is 1. The molecule has 198 valence electrons. The lowest BCUT2D eigenvalue weighted by Crippen LogP contribution is -2.35. The van der Waals surface area contributed by atoms with E-state index < -0.39 is 0 Å². The molecule has 1 fully saturated rings. The highest BCUT2D eigenvalue weighted by molar-refractivity contribution is 7.17. The van der Waals surface area contributed by atoms with Crippen LogP contribution in [0.4, 0.5) is 0 Å². The molecule has 1 N–H and O–H groups in total. The van der Waals surface area contributed by atoms with Gasteiger partial charge in [0.25, 0.3) is 5.91 Å². The lowest BCUT2D eigenvalue weighted by Gasteiger charge is -2.27. The summed E-state index contributed by atoms with van der Waals surface area (Å²) in [6.45, 7) is 4.20. The second-order valence-electron chi connectivity index (χ2n) is 9.14. The number of carbonyl (C=O) groups is 1. The Hall–Kier alpha value is -3.59. The Morgan fingerprint density at radius 3 is 2.53 bits per heavy atom. The molecule has 38 heavy (non-hydrogen) atoms. The molecule has 7 nitrogen and oxygen atoms in total. The smallest absolute Gasteiger partial charge is 0.258 e. The van der Waals surface area contributed by atoms with Gasteiger partial charge in [0.2, 0.25) is 0 Å². The van der Waals surface area contributed by atoms with Crippen molar-refractivity contribution in [1.82, 2.24) is 10.2 Å². The van der Waals surface area contributed by atoms with Crippen molar-refractivity contribution in [2.24, 2.45) is 0 Å². The second-order valence-corrected chi connectivity index (χ2v) is 10.1. The van der Waals surface area contributed by atoms with Crippen molar-refractivity contribution < 1.29 is 23.7 Å². The first-order valence-corrected chi connectivity index (χ1v) is 13.5. The van der Waals surface area contributed by atoms with E-state index in [1.165, 1.54) is 15.6 Å². The zero-order chi connectivity index (χ0) is 26.3. The van der Waals surface area contributed by atoms with Crippen LogP contribution in [-0.2, 0) is 22.6 Å². The number of ether oxygens (including phenoxy) is 4. The highest BCUT2D eigenvalue weighted by atomic mass is 32.1. The van der Waals surface area contributed by atoms with Gasteiger partial charge in [0.1, 0.15) is 17.2 Å². The molecule has 2 heterocycles. The minimum absolute atomic E-state index is 0.0715. The summed E-state index contributed by atoms with van der Waals surface area (Å²) in [6.07, 6.45) is 0. The highest BCUT2D eigenvalue weighted by Crippen LogP contribution is 2.36. The van der Waals surface area contributed by atoms with Crippen LogP contribution in [0.3, 0.4) is 0 Å². The summed E-state index contributed by atoms with van der Waals surface area (Å²) in [7, 11) is 3.21. The van der Waals surface area contributed by atoms with E-state index in [0.29, 0.717) is 18.0 Å². The average Bonchev–Trinajstić information content (AvgIpc) is 3.40. The van der Waals surface area contributed by atoms with Crippen LogP contribution in [0.1, 0.15) is 11.1 Å². The fourth-order valence-electron chi connectivity index (χ4n) is 4.58. The van der Waals surface area contributed by atoms with Gasteiger partial charge in [-0.25, -0.2) is 0 Å². The number of thiophene rings is 1. The van der Waals surface area contributed by atoms with E-state index in [4.69, 9.17) is 18.9 Å². The van der Waals surface area contributed by atoms with Crippen LogP contribution in [0.15, 0.2) is 66.0 Å². The highest BCUT2D eigenvalue weighted by Gasteiger charge is 2.17. The summed E-state index contributed by atoms with van der Waals surface area (Å²) >= 11 is 1.75. The van der Waals surface area contributed by atoms with Crippen molar-refractivity contribution >= 4 is 27.3 Å². The average molecular weight is 533 g/mol. The van der Waals surface area contributed by atoms with Crippen molar-refractivity contribution in [3.63, 3.8) is 0 Å². The van der Waals surface area contributed by atoms with Crippen LogP contribution >= 0.6 is 11.3 Å². The third kappa shape index (κ3) is 6.27. The number of nitrogens with zero attached hydrogens (tertiary/aromatic N) is 1. The molecule has 0 unspecified atom stereocenters. The van der Waals surface area contributed by atoms with Crippen molar-refractivity contribution in [3.05, 3.63) is 77.2 Å². The first kappa shape index (κ1) is 26.0. The number of methoxy groups -OCH3 is 2. The molecule has 0 spiro atoms. The molecule has 4 aromatic rings. The number of benzene rings is 3. The van der Waals surface area contributed by atoms with Crippen molar-refractivity contribution in [1.29, 1.82) is 0 Å². The fourth-order valence-corrected chi connectivity index (χ4v) is 5.55. The Labute approximate surface area is 226 Å². The van der Waals surface area contributed by atoms with Gasteiger partial charge >= 0.3 is 0 Å². The van der Waals surface area contributed by atoms with Gasteiger partial charge in [0.05, 0.1) is 27.4 Å². The number of hydrogen-bond acceptors (Lipinski definition) is 7. The quantitative estimate of drug-likeness (QED) is 0.306. The zero-order valence-electron chi connectivity index (χ0n) is 21.7. The van der Waals surface area contributed by atoms with E-state index in [0.717, 1.165) is 55.3 Å². The zero-order valence-corrected chi connectivity index (χ0v) is 22.5. The molecule has 0 atom stereocenters. The molecule has 1 aromatic heterocycles. The molecule has 0 aliphatic carbocycles. The summed E-state index contributed by atoms with van der Waals surface area (Å²) in [5.74, 6) is 1.88. The Morgan fingerprint density at radius 1 is 1.00 bits per heavy atom. The molecule has 1 amide bonds. The lowest BCUT2D eigenvalue weighted by atomic mass is 10.0. The third-order valence-corrected chi connectivity index (χ3v) is 7.57. The van der Waals surface area contributed by atoms with E-state index >= 15 is 0 Å². The van der Waals surface area contributed by atoms with Gasteiger partial charge in [-0.15, -0.1) is 11.3 Å². The lowest BCUT2D eigenvalue weighted by molar-refractivity contribution is -0.123. The van der Waals surface area contributed by atoms with Crippen LogP contribution in [-0.4, -0.2) is 57.9 Å². The van der Waals surface area contributed by atoms with E-state index in [9.17, 15) is 4.79 Å². The molecule has 0 saturated carbocycles.